The van der Waals surface area contributed by atoms with E-state index in [-0.39, 0.29) is 11.4 Å². The highest BCUT2D eigenvalue weighted by Crippen LogP contribution is 2.24. The van der Waals surface area contributed by atoms with Crippen LogP contribution < -0.4 is 5.32 Å². The van der Waals surface area contributed by atoms with Crippen molar-refractivity contribution in [2.45, 2.75) is 59.4 Å². The predicted molar refractivity (Wildman–Crippen MR) is 66.2 cm³/mol. The monoisotopic (exact) mass is 233 g/mol. The van der Waals surface area contributed by atoms with Crippen molar-refractivity contribution in [1.29, 1.82) is 0 Å². The molecular formula is C12H24ClNO. The van der Waals surface area contributed by atoms with Gasteiger partial charge in [0.1, 0.15) is 0 Å². The molecule has 2 nitrogen and oxygen atoms in total. The van der Waals surface area contributed by atoms with E-state index in [4.69, 9.17) is 11.6 Å². The van der Waals surface area contributed by atoms with Crippen molar-refractivity contribution < 1.29 is 4.79 Å². The van der Waals surface area contributed by atoms with E-state index < -0.39 is 5.41 Å². The largest absolute Gasteiger partial charge is 0.350 e. The van der Waals surface area contributed by atoms with Gasteiger partial charge in [-0.05, 0) is 33.1 Å². The topological polar surface area (TPSA) is 29.1 Å². The van der Waals surface area contributed by atoms with Gasteiger partial charge in [-0.1, -0.05) is 20.8 Å². The fraction of sp³-hybridized carbons (Fsp3) is 0.917. The van der Waals surface area contributed by atoms with Crippen LogP contribution in [0.4, 0.5) is 0 Å². The average Bonchev–Trinajstić information content (AvgIpc) is 2.25. The van der Waals surface area contributed by atoms with Gasteiger partial charge in [0.15, 0.2) is 0 Å². The van der Waals surface area contributed by atoms with Crippen molar-refractivity contribution in [2.75, 3.05) is 5.88 Å². The van der Waals surface area contributed by atoms with Crippen molar-refractivity contribution in [2.24, 2.45) is 5.41 Å². The molecule has 0 rings (SSSR count). The van der Waals surface area contributed by atoms with E-state index in [0.29, 0.717) is 5.88 Å². The van der Waals surface area contributed by atoms with Gasteiger partial charge in [-0.25, -0.2) is 0 Å². The zero-order chi connectivity index (χ0) is 12.1. The molecule has 0 aromatic carbocycles. The second kappa shape index (κ2) is 5.74. The molecule has 0 aliphatic rings. The highest BCUT2D eigenvalue weighted by atomic mass is 35.5. The molecular weight excluding hydrogens is 210 g/mol. The Balaban J connectivity index is 4.62. The third-order valence-electron chi connectivity index (χ3n) is 3.36. The molecule has 1 amide bonds. The number of hydrogen-bond donors (Lipinski definition) is 1. The first kappa shape index (κ1) is 14.8. The van der Waals surface area contributed by atoms with Crippen LogP contribution in [0.3, 0.4) is 0 Å². The van der Waals surface area contributed by atoms with Crippen LogP contribution >= 0.6 is 11.6 Å². The number of alkyl halides is 1. The van der Waals surface area contributed by atoms with Crippen molar-refractivity contribution in [1.82, 2.24) is 5.32 Å². The zero-order valence-corrected chi connectivity index (χ0v) is 11.4. The third kappa shape index (κ3) is 3.67. The summed E-state index contributed by atoms with van der Waals surface area (Å²) in [5.74, 6) is 0.412. The highest BCUT2D eigenvalue weighted by Gasteiger charge is 2.33. The van der Waals surface area contributed by atoms with Crippen LogP contribution in [0.25, 0.3) is 0 Å². The van der Waals surface area contributed by atoms with Gasteiger partial charge in [0.25, 0.3) is 0 Å². The maximum absolute atomic E-state index is 12.0. The molecule has 0 unspecified atom stereocenters. The van der Waals surface area contributed by atoms with Crippen LogP contribution in [0.15, 0.2) is 0 Å². The number of carbonyl (C=O) groups is 1. The Morgan fingerprint density at radius 1 is 1.13 bits per heavy atom. The maximum atomic E-state index is 12.0. The smallest absolute Gasteiger partial charge is 0.227 e. The standard InChI is InChI=1S/C12H24ClNO/c1-6-12(7-2,8-3)14-10(15)11(4,5)9-13/h6-9H2,1-5H3,(H,14,15). The first-order valence-electron chi connectivity index (χ1n) is 5.76. The molecule has 0 aliphatic carbocycles. The lowest BCUT2D eigenvalue weighted by Crippen LogP contribution is -2.52. The van der Waals surface area contributed by atoms with E-state index in [1.165, 1.54) is 0 Å². The molecule has 0 fully saturated rings. The molecule has 0 aliphatic heterocycles. The lowest BCUT2D eigenvalue weighted by atomic mass is 9.86. The number of nitrogens with one attached hydrogen (secondary N) is 1. The molecule has 0 atom stereocenters. The summed E-state index contributed by atoms with van der Waals surface area (Å²) in [6.07, 6.45) is 2.89. The van der Waals surface area contributed by atoms with Gasteiger partial charge in [0.2, 0.25) is 5.91 Å². The van der Waals surface area contributed by atoms with E-state index in [1.54, 1.807) is 0 Å². The minimum absolute atomic E-state index is 0.0551. The quantitative estimate of drug-likeness (QED) is 0.701. The lowest BCUT2D eigenvalue weighted by Gasteiger charge is -2.35. The Morgan fingerprint density at radius 3 is 1.80 bits per heavy atom. The van der Waals surface area contributed by atoms with Crippen LogP contribution in [-0.4, -0.2) is 17.3 Å². The zero-order valence-electron chi connectivity index (χ0n) is 10.6. The van der Waals surface area contributed by atoms with E-state index in [9.17, 15) is 4.79 Å². The molecule has 1 N–H and O–H groups in total. The minimum atomic E-state index is -0.480. The molecule has 0 spiro atoms. The number of carbonyl (C=O) groups excluding carboxylic acids is 1. The summed E-state index contributed by atoms with van der Waals surface area (Å²) in [6.45, 7) is 10.1. The van der Waals surface area contributed by atoms with Crippen LogP contribution in [-0.2, 0) is 4.79 Å². The van der Waals surface area contributed by atoms with Gasteiger partial charge in [0, 0.05) is 11.4 Å². The van der Waals surface area contributed by atoms with E-state index in [2.05, 4.69) is 26.1 Å². The number of hydrogen-bond acceptors (Lipinski definition) is 1. The first-order chi connectivity index (χ1) is 6.87. The number of rotatable bonds is 6. The fourth-order valence-electron chi connectivity index (χ4n) is 1.49. The summed E-state index contributed by atoms with van der Waals surface area (Å²) in [5.41, 5.74) is -0.535. The minimum Gasteiger partial charge on any atom is -0.350 e. The molecule has 0 saturated heterocycles. The van der Waals surface area contributed by atoms with Crippen LogP contribution in [0.2, 0.25) is 0 Å². The Labute approximate surface area is 98.8 Å². The van der Waals surface area contributed by atoms with Crippen molar-refractivity contribution in [3.8, 4) is 0 Å². The van der Waals surface area contributed by atoms with E-state index in [1.807, 2.05) is 13.8 Å². The molecule has 15 heavy (non-hydrogen) atoms. The third-order valence-corrected chi connectivity index (χ3v) is 4.03. The average molecular weight is 234 g/mol. The van der Waals surface area contributed by atoms with Gasteiger partial charge in [0.05, 0.1) is 5.41 Å². The maximum Gasteiger partial charge on any atom is 0.227 e. The number of halogens is 1. The Morgan fingerprint density at radius 2 is 1.53 bits per heavy atom. The summed E-state index contributed by atoms with van der Waals surface area (Å²) in [4.78, 5) is 12.0. The summed E-state index contributed by atoms with van der Waals surface area (Å²) in [5, 5.41) is 3.15. The summed E-state index contributed by atoms with van der Waals surface area (Å²) < 4.78 is 0. The van der Waals surface area contributed by atoms with E-state index >= 15 is 0 Å². The fourth-order valence-corrected chi connectivity index (χ4v) is 1.61. The summed E-state index contributed by atoms with van der Waals surface area (Å²) >= 11 is 5.79. The predicted octanol–water partition coefficient (Wildman–Crippen LogP) is 3.34. The van der Waals surface area contributed by atoms with E-state index in [0.717, 1.165) is 19.3 Å². The van der Waals surface area contributed by atoms with Crippen LogP contribution in [0.5, 0.6) is 0 Å². The van der Waals surface area contributed by atoms with Gasteiger partial charge in [-0.3, -0.25) is 4.79 Å². The summed E-state index contributed by atoms with van der Waals surface area (Å²) in [7, 11) is 0. The highest BCUT2D eigenvalue weighted by molar-refractivity contribution is 6.19. The lowest BCUT2D eigenvalue weighted by molar-refractivity contribution is -0.130. The van der Waals surface area contributed by atoms with Gasteiger partial charge >= 0.3 is 0 Å². The Hall–Kier alpha value is -0.240. The Kier molecular flexibility index (Phi) is 5.65. The van der Waals surface area contributed by atoms with Crippen molar-refractivity contribution in [3.63, 3.8) is 0 Å². The molecule has 0 aromatic heterocycles. The van der Waals surface area contributed by atoms with Crippen LogP contribution in [0.1, 0.15) is 53.9 Å². The molecule has 3 heteroatoms. The molecule has 0 saturated carbocycles. The summed E-state index contributed by atoms with van der Waals surface area (Å²) in [6, 6.07) is 0. The van der Waals surface area contributed by atoms with Gasteiger partial charge < -0.3 is 5.32 Å². The van der Waals surface area contributed by atoms with Crippen molar-refractivity contribution in [3.05, 3.63) is 0 Å². The van der Waals surface area contributed by atoms with Gasteiger partial charge in [-0.15, -0.1) is 11.6 Å². The van der Waals surface area contributed by atoms with Crippen LogP contribution in [0, 0.1) is 5.41 Å². The molecule has 0 bridgehead atoms. The second-order valence-corrected chi connectivity index (χ2v) is 5.08. The molecule has 0 radical (unpaired) electrons. The second-order valence-electron chi connectivity index (χ2n) is 4.81. The van der Waals surface area contributed by atoms with Gasteiger partial charge in [-0.2, -0.15) is 0 Å². The SMILES string of the molecule is CCC(CC)(CC)NC(=O)C(C)(C)CCl. The molecule has 90 valence electrons. The normalized spacial score (nSPS) is 12.7. The Bertz CT molecular complexity index is 201. The van der Waals surface area contributed by atoms with Crippen molar-refractivity contribution >= 4 is 17.5 Å². The first-order valence-corrected chi connectivity index (χ1v) is 6.29. The molecule has 0 heterocycles. The molecule has 0 aromatic rings. The number of amides is 1.